The Kier molecular flexibility index (Phi) is 15.0. The summed E-state index contributed by atoms with van der Waals surface area (Å²) in [7, 11) is 2.04. The Morgan fingerprint density at radius 2 is 1.26 bits per heavy atom. The van der Waals surface area contributed by atoms with Crippen LogP contribution in [0.15, 0.2) is 60.9 Å². The third kappa shape index (κ3) is 10.3. The molecule has 218 valence electrons. The number of aromatic nitrogens is 2. The Morgan fingerprint density at radius 1 is 0.897 bits per heavy atom. The Balaban J connectivity index is -0.000000557. The average molecular weight is 569 g/mol. The molecule has 4 rings (SSSR count). The van der Waals surface area contributed by atoms with E-state index in [1.54, 1.807) is 0 Å². The minimum Gasteiger partial charge on any atom is -1.00 e. The summed E-state index contributed by atoms with van der Waals surface area (Å²) in [5.41, 5.74) is 13.4. The second kappa shape index (κ2) is 16.8. The first-order valence-electron chi connectivity index (χ1n) is 11.8. The first kappa shape index (κ1) is 35.0. The highest BCUT2D eigenvalue weighted by Gasteiger charge is 2.18. The minimum absolute atomic E-state index is 0. The lowest BCUT2D eigenvalue weighted by atomic mass is 10.1. The van der Waals surface area contributed by atoms with Gasteiger partial charge in [0, 0.05) is 62.5 Å². The number of carbonyl (C=O) groups is 2. The summed E-state index contributed by atoms with van der Waals surface area (Å²) in [6.07, 6.45) is 4.74. The summed E-state index contributed by atoms with van der Waals surface area (Å²) < 4.78 is 35.1. The van der Waals surface area contributed by atoms with Crippen molar-refractivity contribution in [1.82, 2.24) is 9.13 Å². The number of aryl methyl sites for hydroxylation is 2. The van der Waals surface area contributed by atoms with Crippen LogP contribution in [-0.2, 0) is 47.1 Å². The van der Waals surface area contributed by atoms with Gasteiger partial charge in [-0.2, -0.15) is 0 Å². The fourth-order valence-corrected chi connectivity index (χ4v) is 3.85. The number of rotatable bonds is 6. The summed E-state index contributed by atoms with van der Waals surface area (Å²) in [5, 5.41) is 19.8. The first-order chi connectivity index (χ1) is 17.9. The molecule has 39 heavy (non-hydrogen) atoms. The molecule has 0 bridgehead atoms. The summed E-state index contributed by atoms with van der Waals surface area (Å²) in [5.74, 6) is -1.82. The highest BCUT2D eigenvalue weighted by atomic mass is 32.2. The molecule has 0 aliphatic rings. The third-order valence-electron chi connectivity index (χ3n) is 5.53. The normalized spacial score (nSPS) is 11.4. The van der Waals surface area contributed by atoms with E-state index in [0.717, 1.165) is 32.9 Å². The molecule has 0 saturated heterocycles. The fourth-order valence-electron chi connectivity index (χ4n) is 3.85. The van der Waals surface area contributed by atoms with Crippen molar-refractivity contribution in [3.8, 4) is 0 Å². The van der Waals surface area contributed by atoms with Crippen molar-refractivity contribution in [3.63, 3.8) is 0 Å². The minimum atomic E-state index is -3.11. The molecule has 0 aliphatic carbocycles. The van der Waals surface area contributed by atoms with Crippen LogP contribution in [0.25, 0.3) is 21.8 Å². The predicted molar refractivity (Wildman–Crippen MR) is 154 cm³/mol. The topological polar surface area (TPSA) is 189 Å². The lowest BCUT2D eigenvalue weighted by Gasteiger charge is -2.04. The van der Waals surface area contributed by atoms with Crippen molar-refractivity contribution >= 4 is 44.4 Å². The number of aliphatic carboxylic acids is 2. The van der Waals surface area contributed by atoms with Crippen LogP contribution in [0.5, 0.6) is 0 Å². The lowest BCUT2D eigenvalue weighted by Crippen LogP contribution is -2.65. The van der Waals surface area contributed by atoms with Gasteiger partial charge in [-0.15, -0.1) is 12.6 Å². The standard InChI is InChI=1S/2C12H14N2O2.2CH4.CH3.O3S.H/c2*1-14-7-8(6-10(13)12(15)16)9-4-2-3-5-11(9)14;;;;1-4(2)3;/h2*2-5,7,10H,6,13H2,1H3,(H,15,16);2*1H4;1H3;;/q;;;;-1;;-1/p+1/t2*10-;;;;;/m11...../s1/i;;1T;;;;1+1. The smallest absolute Gasteiger partial charge is 0.425 e. The quantitative estimate of drug-likeness (QED) is 0.255. The van der Waals surface area contributed by atoms with Gasteiger partial charge < -0.3 is 39.7 Å². The van der Waals surface area contributed by atoms with Gasteiger partial charge in [0.05, 0.1) is 0 Å². The number of hydrogen-bond donors (Lipinski definition) is 4. The molecule has 2 heterocycles. The molecule has 0 amide bonds. The van der Waals surface area contributed by atoms with Gasteiger partial charge in [-0.25, -0.2) is 4.79 Å². The average Bonchev–Trinajstić information content (AvgIpc) is 3.36. The number of carboxylic acids is 2. The van der Waals surface area contributed by atoms with E-state index in [1.807, 2.05) is 84.2 Å². The van der Waals surface area contributed by atoms with Crippen LogP contribution < -0.4 is 11.5 Å². The van der Waals surface area contributed by atoms with Gasteiger partial charge in [-0.05, 0) is 23.3 Å². The van der Waals surface area contributed by atoms with E-state index in [2.05, 4.69) is 5.73 Å². The molecule has 0 spiro atoms. The SMILES string of the molecule is C.Cn1cc(C[C@@H](N)C(=O)O)c2ccccc21.Cn1cc(C[C@@H]([NH3+])C(=O)O)c2ccccc21.O=S(=O)=O.[2H-].[3H]C.[CH3-]. The van der Waals surface area contributed by atoms with Gasteiger partial charge in [0.1, 0.15) is 6.04 Å². The van der Waals surface area contributed by atoms with E-state index in [9.17, 15) is 9.59 Å². The maximum atomic E-state index is 10.8. The second-order valence-corrected chi connectivity index (χ2v) is 8.57. The van der Waals surface area contributed by atoms with Gasteiger partial charge >= 0.3 is 22.5 Å². The number of nitrogens with zero attached hydrogens (tertiary/aromatic N) is 2. The van der Waals surface area contributed by atoms with Crippen LogP contribution in [0.3, 0.4) is 0 Å². The Labute approximate surface area is 233 Å². The molecule has 11 nitrogen and oxygen atoms in total. The second-order valence-electron chi connectivity index (χ2n) is 8.16. The number of nitrogens with two attached hydrogens (primary N) is 1. The van der Waals surface area contributed by atoms with Crippen molar-refractivity contribution < 1.29 is 41.0 Å². The number of carboxylic acid groups (broad SMARTS) is 2. The third-order valence-corrected chi connectivity index (χ3v) is 5.53. The van der Waals surface area contributed by atoms with Crippen LogP contribution >= 0.6 is 0 Å². The van der Waals surface area contributed by atoms with Crippen molar-refractivity contribution in [3.05, 3.63) is 79.5 Å². The van der Waals surface area contributed by atoms with Crippen LogP contribution in [0.1, 0.15) is 28.8 Å². The first-order valence-corrected chi connectivity index (χ1v) is 11.8. The molecular weight excluding hydrogens is 524 g/mol. The van der Waals surface area contributed by atoms with Crippen LogP contribution in [0.2, 0.25) is 0 Å². The van der Waals surface area contributed by atoms with Crippen molar-refractivity contribution in [2.24, 2.45) is 19.8 Å². The number of benzene rings is 2. The molecule has 4 aromatic rings. The molecule has 0 fully saturated rings. The highest BCUT2D eigenvalue weighted by molar-refractivity contribution is 7.59. The van der Waals surface area contributed by atoms with E-state index in [1.165, 1.54) is 7.40 Å². The molecule has 0 unspecified atom stereocenters. The van der Waals surface area contributed by atoms with Gasteiger partial charge in [0.15, 0.2) is 6.04 Å². The van der Waals surface area contributed by atoms with E-state index < -0.39 is 34.6 Å². The van der Waals surface area contributed by atoms with Gasteiger partial charge in [-0.1, -0.05) is 51.2 Å². The highest BCUT2D eigenvalue weighted by Crippen LogP contribution is 2.22. The maximum absolute atomic E-state index is 10.8. The van der Waals surface area contributed by atoms with Crippen LogP contribution in [0, 0.1) is 7.43 Å². The fraction of sp³-hybridized carbons (Fsp3) is 0.296. The maximum Gasteiger partial charge on any atom is 0.425 e. The zero-order valence-corrected chi connectivity index (χ0v) is 22.7. The summed E-state index contributed by atoms with van der Waals surface area (Å²) in [6.45, 7) is 0. The Bertz CT molecular complexity index is 1380. The number of quaternary nitrogens is 1. The van der Waals surface area contributed by atoms with E-state index in [-0.39, 0.29) is 16.3 Å². The van der Waals surface area contributed by atoms with Crippen molar-refractivity contribution in [2.45, 2.75) is 39.8 Å². The zero-order valence-electron chi connectivity index (χ0n) is 23.9. The van der Waals surface area contributed by atoms with Crippen molar-refractivity contribution in [2.75, 3.05) is 0 Å². The molecule has 2 aromatic heterocycles. The monoisotopic (exact) mass is 568 g/mol. The number of para-hydroxylation sites is 2. The summed E-state index contributed by atoms with van der Waals surface area (Å²) in [4.78, 5) is 21.5. The van der Waals surface area contributed by atoms with E-state index >= 15 is 0 Å². The molecule has 0 aliphatic heterocycles. The molecular formula is C27H41N4O7S-. The molecule has 0 radical (unpaired) electrons. The Hall–Kier alpha value is -4.00. The van der Waals surface area contributed by atoms with Gasteiger partial charge in [0.25, 0.3) is 0 Å². The molecule has 0 saturated carbocycles. The molecule has 7 N–H and O–H groups in total. The molecule has 2 atom stereocenters. The summed E-state index contributed by atoms with van der Waals surface area (Å²) >= 11 is 0. The summed E-state index contributed by atoms with van der Waals surface area (Å²) in [6, 6.07) is 14.4. The van der Waals surface area contributed by atoms with Crippen LogP contribution in [-0.4, -0.2) is 56.0 Å². The van der Waals surface area contributed by atoms with E-state index in [0.29, 0.717) is 12.8 Å². The van der Waals surface area contributed by atoms with Crippen LogP contribution in [0.4, 0.5) is 0 Å². The predicted octanol–water partition coefficient (Wildman–Crippen LogP) is 2.38. The molecule has 2 aromatic carbocycles. The number of fused-ring (bicyclic) bond motifs is 2. The Morgan fingerprint density at radius 3 is 1.62 bits per heavy atom. The zero-order chi connectivity index (χ0) is 29.0. The van der Waals surface area contributed by atoms with E-state index in [4.69, 9.17) is 29.9 Å². The number of hydrogen-bond acceptors (Lipinski definition) is 6. The van der Waals surface area contributed by atoms with Gasteiger partial charge in [-0.3, -0.25) is 4.79 Å². The molecule has 12 heteroatoms. The van der Waals surface area contributed by atoms with Crippen molar-refractivity contribution in [1.29, 1.82) is 0 Å². The largest absolute Gasteiger partial charge is 1.00 e. The lowest BCUT2D eigenvalue weighted by molar-refractivity contribution is -0.407. The van der Waals surface area contributed by atoms with Gasteiger partial charge in [0.2, 0.25) is 0 Å².